The molecule has 0 bridgehead atoms. The minimum atomic E-state index is -0.514. The van der Waals surface area contributed by atoms with Crippen molar-refractivity contribution < 1.29 is 9.47 Å². The molecule has 1 aromatic rings. The lowest BCUT2D eigenvalue weighted by molar-refractivity contribution is 0.170. The zero-order valence-corrected chi connectivity index (χ0v) is 13.8. The Morgan fingerprint density at radius 1 is 1.29 bits per heavy atom. The molecule has 21 heavy (non-hydrogen) atoms. The molecule has 2 atom stereocenters. The predicted octanol–water partition coefficient (Wildman–Crippen LogP) is 2.77. The van der Waals surface area contributed by atoms with Crippen molar-refractivity contribution >= 4 is 0 Å². The lowest BCUT2D eigenvalue weighted by Gasteiger charge is -2.41. The topological polar surface area (TPSA) is 47.7 Å². The first-order valence-electron chi connectivity index (χ1n) is 7.23. The van der Waals surface area contributed by atoms with Crippen LogP contribution >= 0.6 is 0 Å². The largest absolute Gasteiger partial charge is 0.493 e. The summed E-state index contributed by atoms with van der Waals surface area (Å²) in [5.41, 5.74) is 7.31. The standard InChI is InChI=1S/C17H28N2O2/c1-7-11-17(18,16(8-2)19(3)4)13-9-10-14(20-5)15(12-13)21-6/h7,9-10,12,16H,1,8,11,18H2,2-6H3. The highest BCUT2D eigenvalue weighted by Crippen LogP contribution is 2.36. The molecule has 0 saturated carbocycles. The van der Waals surface area contributed by atoms with Gasteiger partial charge in [0.25, 0.3) is 0 Å². The Kier molecular flexibility index (Phi) is 6.24. The van der Waals surface area contributed by atoms with E-state index in [1.165, 1.54) is 0 Å². The summed E-state index contributed by atoms with van der Waals surface area (Å²) in [6.45, 7) is 6.02. The maximum absolute atomic E-state index is 6.79. The summed E-state index contributed by atoms with van der Waals surface area (Å²) in [6.07, 6.45) is 3.52. The normalized spacial score (nSPS) is 15.4. The van der Waals surface area contributed by atoms with Crippen LogP contribution in [-0.4, -0.2) is 39.3 Å². The quantitative estimate of drug-likeness (QED) is 0.749. The van der Waals surface area contributed by atoms with Gasteiger partial charge in [-0.2, -0.15) is 0 Å². The first-order chi connectivity index (χ1) is 9.94. The molecule has 2 N–H and O–H groups in total. The van der Waals surface area contributed by atoms with Crippen molar-refractivity contribution in [3.8, 4) is 11.5 Å². The fraction of sp³-hybridized carbons (Fsp3) is 0.529. The number of methoxy groups -OCH3 is 2. The number of nitrogens with zero attached hydrogens (tertiary/aromatic N) is 1. The molecule has 0 aromatic heterocycles. The van der Waals surface area contributed by atoms with Gasteiger partial charge in [-0.05, 0) is 44.6 Å². The van der Waals surface area contributed by atoms with Crippen molar-refractivity contribution in [2.24, 2.45) is 5.73 Å². The first kappa shape index (κ1) is 17.5. The second kappa shape index (κ2) is 7.48. The number of likely N-dealkylation sites (N-methyl/N-ethyl adjacent to an activating group) is 1. The van der Waals surface area contributed by atoms with Gasteiger partial charge in [0.1, 0.15) is 0 Å². The highest BCUT2D eigenvalue weighted by molar-refractivity contribution is 5.45. The molecule has 1 rings (SSSR count). The Bertz CT molecular complexity index is 474. The van der Waals surface area contributed by atoms with Gasteiger partial charge in [0, 0.05) is 6.04 Å². The molecule has 0 aliphatic carbocycles. The van der Waals surface area contributed by atoms with Crippen molar-refractivity contribution in [1.82, 2.24) is 4.90 Å². The molecular formula is C17H28N2O2. The van der Waals surface area contributed by atoms with Gasteiger partial charge in [-0.1, -0.05) is 19.1 Å². The Hall–Kier alpha value is -1.52. The summed E-state index contributed by atoms with van der Waals surface area (Å²) in [4.78, 5) is 2.17. The van der Waals surface area contributed by atoms with Crippen LogP contribution in [0, 0.1) is 0 Å². The molecule has 0 radical (unpaired) electrons. The lowest BCUT2D eigenvalue weighted by Crippen LogP contribution is -2.53. The van der Waals surface area contributed by atoms with Gasteiger partial charge in [0.15, 0.2) is 11.5 Å². The van der Waals surface area contributed by atoms with E-state index in [2.05, 4.69) is 32.5 Å². The minimum Gasteiger partial charge on any atom is -0.493 e. The van der Waals surface area contributed by atoms with Crippen LogP contribution in [0.2, 0.25) is 0 Å². The molecule has 0 spiro atoms. The van der Waals surface area contributed by atoms with Gasteiger partial charge < -0.3 is 20.1 Å². The van der Waals surface area contributed by atoms with Crippen molar-refractivity contribution in [1.29, 1.82) is 0 Å². The van der Waals surface area contributed by atoms with Gasteiger partial charge in [-0.25, -0.2) is 0 Å². The SMILES string of the molecule is C=CCC(N)(c1ccc(OC)c(OC)c1)C(CC)N(C)C. The highest BCUT2D eigenvalue weighted by atomic mass is 16.5. The van der Waals surface area contributed by atoms with Gasteiger partial charge in [0.2, 0.25) is 0 Å². The maximum atomic E-state index is 6.79. The predicted molar refractivity (Wildman–Crippen MR) is 88.0 cm³/mol. The molecular weight excluding hydrogens is 264 g/mol. The fourth-order valence-electron chi connectivity index (χ4n) is 3.00. The molecule has 4 nitrogen and oxygen atoms in total. The van der Waals surface area contributed by atoms with Crippen LogP contribution in [0.25, 0.3) is 0 Å². The first-order valence-corrected chi connectivity index (χ1v) is 7.23. The van der Waals surface area contributed by atoms with Crippen LogP contribution in [0.5, 0.6) is 11.5 Å². The summed E-state index contributed by atoms with van der Waals surface area (Å²) < 4.78 is 10.7. The smallest absolute Gasteiger partial charge is 0.161 e. The number of benzene rings is 1. The number of hydrogen-bond donors (Lipinski definition) is 1. The maximum Gasteiger partial charge on any atom is 0.161 e. The van der Waals surface area contributed by atoms with Gasteiger partial charge >= 0.3 is 0 Å². The van der Waals surface area contributed by atoms with E-state index in [1.807, 2.05) is 24.3 Å². The summed E-state index contributed by atoms with van der Waals surface area (Å²) in [5, 5.41) is 0. The molecule has 0 aliphatic rings. The minimum absolute atomic E-state index is 0.202. The van der Waals surface area contributed by atoms with Crippen LogP contribution in [-0.2, 0) is 5.54 Å². The highest BCUT2D eigenvalue weighted by Gasteiger charge is 2.36. The molecule has 0 aliphatic heterocycles. The number of nitrogens with two attached hydrogens (primary N) is 1. The van der Waals surface area contributed by atoms with Crippen molar-refractivity contribution in [3.63, 3.8) is 0 Å². The average Bonchev–Trinajstić information content (AvgIpc) is 2.46. The van der Waals surface area contributed by atoms with Crippen molar-refractivity contribution in [2.45, 2.75) is 31.3 Å². The van der Waals surface area contributed by atoms with Gasteiger partial charge in [-0.3, -0.25) is 0 Å². The number of ether oxygens (including phenoxy) is 2. The summed E-state index contributed by atoms with van der Waals surface area (Å²) in [5.74, 6) is 1.41. The molecule has 0 amide bonds. The zero-order valence-electron chi connectivity index (χ0n) is 13.8. The van der Waals surface area contributed by atoms with Crippen LogP contribution in [0.15, 0.2) is 30.9 Å². The fourth-order valence-corrected chi connectivity index (χ4v) is 3.00. The Morgan fingerprint density at radius 3 is 2.33 bits per heavy atom. The number of rotatable bonds is 8. The van der Waals surface area contributed by atoms with Crippen molar-refractivity contribution in [3.05, 3.63) is 36.4 Å². The monoisotopic (exact) mass is 292 g/mol. The van der Waals surface area contributed by atoms with Gasteiger partial charge in [-0.15, -0.1) is 6.58 Å². The Balaban J connectivity index is 3.36. The third-order valence-electron chi connectivity index (χ3n) is 4.01. The third-order valence-corrected chi connectivity index (χ3v) is 4.01. The van der Waals surface area contributed by atoms with E-state index in [1.54, 1.807) is 14.2 Å². The Labute approximate surface area is 128 Å². The molecule has 4 heteroatoms. The zero-order chi connectivity index (χ0) is 16.0. The van der Waals surface area contributed by atoms with Gasteiger partial charge in [0.05, 0.1) is 19.8 Å². The molecule has 0 fully saturated rings. The summed E-state index contributed by atoms with van der Waals surface area (Å²) >= 11 is 0. The van der Waals surface area contributed by atoms with Crippen LogP contribution < -0.4 is 15.2 Å². The van der Waals surface area contributed by atoms with E-state index in [-0.39, 0.29) is 6.04 Å². The molecule has 0 heterocycles. The van der Waals surface area contributed by atoms with E-state index >= 15 is 0 Å². The van der Waals surface area contributed by atoms with E-state index in [4.69, 9.17) is 15.2 Å². The lowest BCUT2D eigenvalue weighted by atomic mass is 9.79. The number of hydrogen-bond acceptors (Lipinski definition) is 4. The Morgan fingerprint density at radius 2 is 1.90 bits per heavy atom. The van der Waals surface area contributed by atoms with Crippen LogP contribution in [0.1, 0.15) is 25.3 Å². The van der Waals surface area contributed by atoms with Crippen molar-refractivity contribution in [2.75, 3.05) is 28.3 Å². The molecule has 1 aromatic carbocycles. The van der Waals surface area contributed by atoms with E-state index in [0.29, 0.717) is 17.9 Å². The summed E-state index contributed by atoms with van der Waals surface area (Å²) in [7, 11) is 7.38. The molecule has 2 unspecified atom stereocenters. The molecule has 118 valence electrons. The van der Waals surface area contributed by atoms with E-state index in [9.17, 15) is 0 Å². The second-order valence-corrected chi connectivity index (χ2v) is 5.49. The third kappa shape index (κ3) is 3.57. The average molecular weight is 292 g/mol. The second-order valence-electron chi connectivity index (χ2n) is 5.49. The van der Waals surface area contributed by atoms with E-state index in [0.717, 1.165) is 12.0 Å². The summed E-state index contributed by atoms with van der Waals surface area (Å²) in [6, 6.07) is 6.08. The van der Waals surface area contributed by atoms with Crippen LogP contribution in [0.3, 0.4) is 0 Å². The van der Waals surface area contributed by atoms with E-state index < -0.39 is 5.54 Å². The van der Waals surface area contributed by atoms with Crippen LogP contribution in [0.4, 0.5) is 0 Å². The molecule has 0 saturated heterocycles.